The van der Waals surface area contributed by atoms with Crippen LogP contribution >= 0.6 is 0 Å². The molecule has 6 nitrogen and oxygen atoms in total. The lowest BCUT2D eigenvalue weighted by molar-refractivity contribution is -0.141. The molecule has 26 heavy (non-hydrogen) atoms. The van der Waals surface area contributed by atoms with Crippen LogP contribution in [0.5, 0.6) is 5.75 Å². The van der Waals surface area contributed by atoms with E-state index >= 15 is 0 Å². The molecule has 1 N–H and O–H groups in total. The lowest BCUT2D eigenvalue weighted by Gasteiger charge is -2.12. The minimum Gasteiger partial charge on any atom is -0.484 e. The molecule has 1 aliphatic heterocycles. The van der Waals surface area contributed by atoms with E-state index in [1.54, 1.807) is 6.07 Å². The van der Waals surface area contributed by atoms with Crippen LogP contribution in [0, 0.1) is 0 Å². The predicted octanol–water partition coefficient (Wildman–Crippen LogP) is 1.94. The third-order valence-corrected chi connectivity index (χ3v) is 5.69. The van der Waals surface area contributed by atoms with Crippen molar-refractivity contribution >= 4 is 26.6 Å². The second-order valence-electron chi connectivity index (χ2n) is 6.00. The molecule has 0 saturated carbocycles. The monoisotopic (exact) mass is 388 g/mol. The van der Waals surface area contributed by atoms with Crippen molar-refractivity contribution in [2.45, 2.75) is 18.6 Å². The first-order chi connectivity index (χ1) is 12.1. The van der Waals surface area contributed by atoms with Crippen molar-refractivity contribution in [1.82, 2.24) is 10.3 Å². The highest BCUT2D eigenvalue weighted by Gasteiger charge is 2.32. The van der Waals surface area contributed by atoms with E-state index in [9.17, 15) is 26.4 Å². The number of sulfone groups is 1. The summed E-state index contributed by atoms with van der Waals surface area (Å²) in [5.74, 6) is -0.363. The van der Waals surface area contributed by atoms with Crippen LogP contribution in [-0.2, 0) is 20.8 Å². The molecular weight excluding hydrogens is 373 g/mol. The Hall–Kier alpha value is -2.36. The second kappa shape index (κ2) is 6.75. The first-order valence-electron chi connectivity index (χ1n) is 7.73. The molecular formula is C16H15F3N2O4S. The molecule has 0 radical (unpaired) electrons. The van der Waals surface area contributed by atoms with Crippen molar-refractivity contribution in [1.29, 1.82) is 0 Å². The van der Waals surface area contributed by atoms with Crippen molar-refractivity contribution in [3.05, 3.63) is 36.0 Å². The average Bonchev–Trinajstić information content (AvgIpc) is 2.90. The Morgan fingerprint density at radius 2 is 2.00 bits per heavy atom. The van der Waals surface area contributed by atoms with Crippen molar-refractivity contribution in [2.75, 3.05) is 18.1 Å². The van der Waals surface area contributed by atoms with E-state index in [2.05, 4.69) is 10.3 Å². The minimum atomic E-state index is -4.55. The van der Waals surface area contributed by atoms with Gasteiger partial charge in [0.1, 0.15) is 11.4 Å². The minimum absolute atomic E-state index is 0.0384. The number of amides is 1. The zero-order valence-electron chi connectivity index (χ0n) is 13.4. The van der Waals surface area contributed by atoms with Gasteiger partial charge in [-0.05, 0) is 24.6 Å². The van der Waals surface area contributed by atoms with Gasteiger partial charge in [0.25, 0.3) is 5.91 Å². The lowest BCUT2D eigenvalue weighted by atomic mass is 10.2. The number of rotatable bonds is 4. The smallest absolute Gasteiger partial charge is 0.433 e. The Kier molecular flexibility index (Phi) is 4.78. The number of nitrogens with zero attached hydrogens (tertiary/aromatic N) is 1. The third-order valence-electron chi connectivity index (χ3n) is 3.92. The fourth-order valence-electron chi connectivity index (χ4n) is 2.67. The molecule has 1 saturated heterocycles. The van der Waals surface area contributed by atoms with Crippen LogP contribution in [0.15, 0.2) is 30.3 Å². The van der Waals surface area contributed by atoms with Crippen molar-refractivity contribution in [3.8, 4) is 5.75 Å². The van der Waals surface area contributed by atoms with Gasteiger partial charge in [-0.3, -0.25) is 4.79 Å². The highest BCUT2D eigenvalue weighted by atomic mass is 32.2. The fourth-order valence-corrected chi connectivity index (χ4v) is 4.35. The van der Waals surface area contributed by atoms with Gasteiger partial charge in [-0.2, -0.15) is 13.2 Å². The molecule has 140 valence electrons. The Morgan fingerprint density at radius 3 is 2.65 bits per heavy atom. The molecule has 1 fully saturated rings. The molecule has 0 bridgehead atoms. The molecule has 1 aliphatic rings. The number of carbonyl (C=O) groups excluding carboxylic acids is 1. The number of aromatic nitrogens is 1. The first-order valence-corrected chi connectivity index (χ1v) is 9.55. The quantitative estimate of drug-likeness (QED) is 0.865. The third kappa shape index (κ3) is 4.43. The zero-order chi connectivity index (χ0) is 18.9. The number of halogens is 3. The molecule has 1 aromatic heterocycles. The summed E-state index contributed by atoms with van der Waals surface area (Å²) >= 11 is 0. The maximum atomic E-state index is 12.7. The van der Waals surface area contributed by atoms with Gasteiger partial charge in [-0.15, -0.1) is 0 Å². The van der Waals surface area contributed by atoms with E-state index in [0.717, 1.165) is 6.07 Å². The molecule has 0 aliphatic carbocycles. The summed E-state index contributed by atoms with van der Waals surface area (Å²) in [6.45, 7) is -0.374. The number of carbonyl (C=O) groups is 1. The van der Waals surface area contributed by atoms with Crippen LogP contribution in [-0.4, -0.2) is 43.5 Å². The van der Waals surface area contributed by atoms with Crippen molar-refractivity contribution < 1.29 is 31.1 Å². The summed E-state index contributed by atoms with van der Waals surface area (Å²) in [4.78, 5) is 15.4. The molecule has 1 atom stereocenters. The summed E-state index contributed by atoms with van der Waals surface area (Å²) in [6.07, 6.45) is -4.19. The largest absolute Gasteiger partial charge is 0.484 e. The normalized spacial score (nSPS) is 19.4. The number of hydrogen-bond acceptors (Lipinski definition) is 5. The van der Waals surface area contributed by atoms with Gasteiger partial charge in [-0.1, -0.05) is 6.07 Å². The molecule has 1 amide bonds. The SMILES string of the molecule is O=C(COc1ccc2ccc(C(F)(F)F)nc2c1)N[C@H]1CCS(=O)(=O)C1. The number of ether oxygens (including phenoxy) is 1. The number of alkyl halides is 3. The van der Waals surface area contributed by atoms with Crippen LogP contribution in [0.25, 0.3) is 10.9 Å². The zero-order valence-corrected chi connectivity index (χ0v) is 14.2. The Balaban J connectivity index is 1.64. The van der Waals surface area contributed by atoms with E-state index in [-0.39, 0.29) is 29.4 Å². The predicted molar refractivity (Wildman–Crippen MR) is 87.4 cm³/mol. The number of fused-ring (bicyclic) bond motifs is 1. The van der Waals surface area contributed by atoms with Gasteiger partial charge < -0.3 is 10.1 Å². The summed E-state index contributed by atoms with van der Waals surface area (Å²) in [5, 5.41) is 3.07. The van der Waals surface area contributed by atoms with E-state index in [4.69, 9.17) is 4.74 Å². The fraction of sp³-hybridized carbons (Fsp3) is 0.375. The van der Waals surface area contributed by atoms with Gasteiger partial charge in [0, 0.05) is 17.5 Å². The van der Waals surface area contributed by atoms with E-state index in [1.807, 2.05) is 0 Å². The molecule has 2 heterocycles. The number of benzene rings is 1. The number of hydrogen-bond donors (Lipinski definition) is 1. The summed E-state index contributed by atoms with van der Waals surface area (Å²) in [7, 11) is -3.10. The maximum Gasteiger partial charge on any atom is 0.433 e. The van der Waals surface area contributed by atoms with Crippen LogP contribution in [0.1, 0.15) is 12.1 Å². The maximum absolute atomic E-state index is 12.7. The van der Waals surface area contributed by atoms with Gasteiger partial charge in [0.05, 0.1) is 17.0 Å². The van der Waals surface area contributed by atoms with Gasteiger partial charge in [-0.25, -0.2) is 13.4 Å². The molecule has 0 unspecified atom stereocenters. The van der Waals surface area contributed by atoms with Crippen molar-refractivity contribution in [2.24, 2.45) is 0 Å². The van der Waals surface area contributed by atoms with Gasteiger partial charge in [0.2, 0.25) is 0 Å². The standard InChI is InChI=1S/C16H15F3N2O4S/c17-16(18,19)14-4-2-10-1-3-12(7-13(10)21-14)25-8-15(22)20-11-5-6-26(23,24)9-11/h1-4,7,11H,5-6,8-9H2,(H,20,22)/t11-/m0/s1. The molecule has 2 aromatic rings. The van der Waals surface area contributed by atoms with Crippen LogP contribution in [0.2, 0.25) is 0 Å². The van der Waals surface area contributed by atoms with Crippen LogP contribution in [0.4, 0.5) is 13.2 Å². The molecule has 1 aromatic carbocycles. The molecule has 3 rings (SSSR count). The second-order valence-corrected chi connectivity index (χ2v) is 8.23. The van der Waals surface area contributed by atoms with Crippen LogP contribution < -0.4 is 10.1 Å². The molecule has 10 heteroatoms. The molecule has 0 spiro atoms. The summed E-state index contributed by atoms with van der Waals surface area (Å²) in [5.41, 5.74) is -0.915. The van der Waals surface area contributed by atoms with Crippen molar-refractivity contribution in [3.63, 3.8) is 0 Å². The average molecular weight is 388 g/mol. The lowest BCUT2D eigenvalue weighted by Crippen LogP contribution is -2.38. The Morgan fingerprint density at radius 1 is 1.27 bits per heavy atom. The van der Waals surface area contributed by atoms with Gasteiger partial charge >= 0.3 is 6.18 Å². The Bertz CT molecular complexity index is 944. The van der Waals surface area contributed by atoms with E-state index < -0.39 is 33.7 Å². The number of pyridine rings is 1. The summed E-state index contributed by atoms with van der Waals surface area (Å²) < 4.78 is 66.2. The summed E-state index contributed by atoms with van der Waals surface area (Å²) in [6, 6.07) is 6.14. The topological polar surface area (TPSA) is 85.4 Å². The highest BCUT2D eigenvalue weighted by molar-refractivity contribution is 7.91. The first kappa shape index (κ1) is 18.4. The Labute approximate surface area is 147 Å². The van der Waals surface area contributed by atoms with E-state index in [1.165, 1.54) is 18.2 Å². The number of nitrogens with one attached hydrogen (secondary N) is 1. The van der Waals surface area contributed by atoms with Gasteiger partial charge in [0.15, 0.2) is 16.4 Å². The van der Waals surface area contributed by atoms with Crippen LogP contribution in [0.3, 0.4) is 0 Å². The van der Waals surface area contributed by atoms with E-state index in [0.29, 0.717) is 11.8 Å². The highest BCUT2D eigenvalue weighted by Crippen LogP contribution is 2.29.